The first-order valence-electron chi connectivity index (χ1n) is 11.9. The molecule has 0 amide bonds. The smallest absolute Gasteiger partial charge is 0.340 e. The van der Waals surface area contributed by atoms with E-state index in [1.807, 2.05) is 0 Å². The molecule has 1 heterocycles. The van der Waals surface area contributed by atoms with E-state index >= 15 is 0 Å². The Morgan fingerprint density at radius 3 is 1.94 bits per heavy atom. The third-order valence-electron chi connectivity index (χ3n) is 4.04. The van der Waals surface area contributed by atoms with Crippen molar-refractivity contribution in [1.29, 1.82) is 0 Å². The van der Waals surface area contributed by atoms with Gasteiger partial charge in [0.2, 0.25) is 12.4 Å². The molecule has 0 N–H and O–H groups in total. The molecule has 0 saturated carbocycles. The number of benzene rings is 1. The van der Waals surface area contributed by atoms with Crippen LogP contribution in [-0.4, -0.2) is 67.2 Å². The molecule has 2 rings (SSSR count). The van der Waals surface area contributed by atoms with E-state index in [1.165, 1.54) is 12.1 Å². The van der Waals surface area contributed by atoms with Crippen LogP contribution in [0.1, 0.15) is 43.4 Å². The van der Waals surface area contributed by atoms with Gasteiger partial charge < -0.3 is 28.4 Å². The molecule has 0 bridgehead atoms. The maximum absolute atomic E-state index is 12.7. The van der Waals surface area contributed by atoms with Crippen molar-refractivity contribution in [2.75, 3.05) is 6.61 Å². The van der Waals surface area contributed by atoms with Crippen molar-refractivity contribution in [2.45, 2.75) is 58.3 Å². The van der Waals surface area contributed by atoms with Gasteiger partial charge >= 0.3 is 29.8 Å². The fourth-order valence-corrected chi connectivity index (χ4v) is 2.89. The van der Waals surface area contributed by atoms with Crippen molar-refractivity contribution >= 4 is 29.8 Å². The standard InChI is InChI=1S/C21H24O11/c1-11(22)27-10-16-17(28-12(2)23)18(29-13(3)24)19(30-14(4)25)21(31-16)32-20(26)15-8-6-5-7-9-15/h5-9,16-19,21H,10H2,1-4H3/t16-,17-,18+,19-,21?/m1/s1/i1D,2D,3D,4D. The van der Waals surface area contributed by atoms with Crippen LogP contribution in [0.4, 0.5) is 0 Å². The van der Waals surface area contributed by atoms with Gasteiger partial charge in [0.1, 0.15) is 12.7 Å². The van der Waals surface area contributed by atoms with Crippen LogP contribution in [0.15, 0.2) is 30.3 Å². The molecule has 0 radical (unpaired) electrons. The Hall–Kier alpha value is -3.47. The first kappa shape index (κ1) is 19.2. The zero-order valence-electron chi connectivity index (χ0n) is 20.8. The molecule has 5 atom stereocenters. The van der Waals surface area contributed by atoms with Crippen LogP contribution < -0.4 is 0 Å². The molecular formula is C21H24O11. The minimum absolute atomic E-state index is 0.0753. The molecule has 0 aromatic heterocycles. The van der Waals surface area contributed by atoms with Gasteiger partial charge in [0.25, 0.3) is 0 Å². The van der Waals surface area contributed by atoms with Crippen molar-refractivity contribution in [2.24, 2.45) is 0 Å². The summed E-state index contributed by atoms with van der Waals surface area (Å²) in [6, 6.07) is 7.58. The van der Waals surface area contributed by atoms with Crippen LogP contribution in [-0.2, 0) is 47.6 Å². The van der Waals surface area contributed by atoms with Gasteiger partial charge in [0.15, 0.2) is 12.2 Å². The van der Waals surface area contributed by atoms with Crippen molar-refractivity contribution in [3.63, 3.8) is 0 Å². The van der Waals surface area contributed by atoms with Gasteiger partial charge in [-0.3, -0.25) is 19.2 Å². The molecule has 1 fully saturated rings. The third-order valence-corrected chi connectivity index (χ3v) is 4.04. The summed E-state index contributed by atoms with van der Waals surface area (Å²) >= 11 is 0. The van der Waals surface area contributed by atoms with Crippen molar-refractivity contribution in [3.8, 4) is 0 Å². The van der Waals surface area contributed by atoms with Gasteiger partial charge in [-0.1, -0.05) is 18.2 Å². The number of carbonyl (C=O) groups is 5. The lowest BCUT2D eigenvalue weighted by atomic mass is 9.98. The maximum atomic E-state index is 12.7. The first-order valence-corrected chi connectivity index (χ1v) is 9.06. The summed E-state index contributed by atoms with van der Waals surface area (Å²) in [6.45, 7) is -4.05. The lowest BCUT2D eigenvalue weighted by molar-refractivity contribution is -0.294. The molecule has 1 aliphatic heterocycles. The Morgan fingerprint density at radius 2 is 1.34 bits per heavy atom. The fraction of sp³-hybridized carbons (Fsp3) is 0.476. The van der Waals surface area contributed by atoms with Gasteiger partial charge in [0, 0.05) is 33.1 Å². The molecular weight excluding hydrogens is 428 g/mol. The second-order valence-electron chi connectivity index (χ2n) is 6.36. The summed E-state index contributed by atoms with van der Waals surface area (Å²) in [4.78, 5) is 60.2. The maximum Gasteiger partial charge on any atom is 0.340 e. The lowest BCUT2D eigenvalue weighted by Gasteiger charge is -2.43. The van der Waals surface area contributed by atoms with Crippen molar-refractivity contribution < 1.29 is 57.9 Å². The average molecular weight is 456 g/mol. The molecule has 0 aliphatic carbocycles. The van der Waals surface area contributed by atoms with E-state index in [1.54, 1.807) is 18.2 Å². The highest BCUT2D eigenvalue weighted by molar-refractivity contribution is 5.89. The highest BCUT2D eigenvalue weighted by Gasteiger charge is 2.53. The van der Waals surface area contributed by atoms with E-state index in [2.05, 4.69) is 0 Å². The van der Waals surface area contributed by atoms with Crippen LogP contribution in [0.25, 0.3) is 0 Å². The molecule has 1 saturated heterocycles. The van der Waals surface area contributed by atoms with Gasteiger partial charge in [0.05, 0.1) is 5.56 Å². The number of ether oxygens (including phenoxy) is 6. The Labute approximate surface area is 189 Å². The molecule has 1 unspecified atom stereocenters. The zero-order chi connectivity index (χ0) is 26.7. The number of rotatable bonds is 7. The molecule has 0 spiro atoms. The predicted octanol–water partition coefficient (Wildman–Crippen LogP) is 0.926. The molecule has 174 valence electrons. The first-order chi connectivity index (χ1) is 17.2. The SMILES string of the molecule is [2H]CC(=O)OC[C@H]1OC(OC(=O)c2ccccc2)[C@H](OC(=O)C[2H])[C@@H](OC(=O)C[2H])[C@@H]1OC(=O)C[2H]. The van der Waals surface area contributed by atoms with Gasteiger partial charge in [-0.05, 0) is 12.1 Å². The van der Waals surface area contributed by atoms with Crippen LogP contribution in [0.5, 0.6) is 0 Å². The molecule has 1 aliphatic rings. The Kier molecular flexibility index (Phi) is 6.75. The summed E-state index contributed by atoms with van der Waals surface area (Å²) in [5, 5.41) is 0. The molecule has 1 aromatic carbocycles. The normalized spacial score (nSPS) is 26.2. The van der Waals surface area contributed by atoms with Crippen LogP contribution in [0, 0.1) is 0 Å². The molecule has 1 aromatic rings. The Morgan fingerprint density at radius 1 is 0.781 bits per heavy atom. The van der Waals surface area contributed by atoms with E-state index in [9.17, 15) is 24.0 Å². The van der Waals surface area contributed by atoms with Crippen LogP contribution >= 0.6 is 0 Å². The summed E-state index contributed by atoms with van der Waals surface area (Å²) in [5.41, 5.74) is 0.0753. The predicted molar refractivity (Wildman–Crippen MR) is 104 cm³/mol. The monoisotopic (exact) mass is 456 g/mol. The summed E-state index contributed by atoms with van der Waals surface area (Å²) in [7, 11) is 0. The second-order valence-corrected chi connectivity index (χ2v) is 6.36. The summed E-state index contributed by atoms with van der Waals surface area (Å²) in [6.07, 6.45) is -8.43. The van der Waals surface area contributed by atoms with E-state index in [-0.39, 0.29) is 5.56 Å². The molecule has 11 nitrogen and oxygen atoms in total. The van der Waals surface area contributed by atoms with E-state index in [4.69, 9.17) is 33.9 Å². The van der Waals surface area contributed by atoms with E-state index in [0.29, 0.717) is 0 Å². The number of esters is 5. The van der Waals surface area contributed by atoms with E-state index in [0.717, 1.165) is 0 Å². The molecule has 11 heteroatoms. The number of carbonyl (C=O) groups excluding carboxylic acids is 5. The van der Waals surface area contributed by atoms with Crippen molar-refractivity contribution in [3.05, 3.63) is 35.9 Å². The zero-order valence-corrected chi connectivity index (χ0v) is 16.8. The van der Waals surface area contributed by atoms with Gasteiger partial charge in [-0.2, -0.15) is 0 Å². The van der Waals surface area contributed by atoms with E-state index < -0.39 is 94.8 Å². The van der Waals surface area contributed by atoms with Crippen molar-refractivity contribution in [1.82, 2.24) is 0 Å². The molecule has 32 heavy (non-hydrogen) atoms. The topological polar surface area (TPSA) is 141 Å². The average Bonchev–Trinajstić information content (AvgIpc) is 2.90. The van der Waals surface area contributed by atoms with Crippen LogP contribution in [0.2, 0.25) is 0 Å². The lowest BCUT2D eigenvalue weighted by Crippen LogP contribution is -2.63. The van der Waals surface area contributed by atoms with Gasteiger partial charge in [-0.15, -0.1) is 0 Å². The number of hydrogen-bond acceptors (Lipinski definition) is 11. The summed E-state index contributed by atoms with van der Waals surface area (Å²) in [5.74, 6) is -5.32. The Bertz CT molecular complexity index is 930. The quantitative estimate of drug-likeness (QED) is 0.427. The summed E-state index contributed by atoms with van der Waals surface area (Å²) < 4.78 is 60.1. The minimum atomic E-state index is -1.80. The highest BCUT2D eigenvalue weighted by atomic mass is 16.7. The van der Waals surface area contributed by atoms with Crippen LogP contribution in [0.3, 0.4) is 0 Å². The Balaban J connectivity index is 2.48. The minimum Gasteiger partial charge on any atom is -0.463 e. The number of hydrogen-bond donors (Lipinski definition) is 0. The highest BCUT2D eigenvalue weighted by Crippen LogP contribution is 2.30. The van der Waals surface area contributed by atoms with Gasteiger partial charge in [-0.25, -0.2) is 4.79 Å². The largest absolute Gasteiger partial charge is 0.463 e. The fourth-order valence-electron chi connectivity index (χ4n) is 2.89. The third kappa shape index (κ3) is 7.05. The second kappa shape index (κ2) is 11.2.